The van der Waals surface area contributed by atoms with Gasteiger partial charge in [-0.1, -0.05) is 97.1 Å². The Hall–Kier alpha value is -5.68. The van der Waals surface area contributed by atoms with Gasteiger partial charge in [-0.2, -0.15) is 0 Å². The number of hydrogen-bond acceptors (Lipinski definition) is 4. The maximum atomic E-state index is 7.23. The third kappa shape index (κ3) is 6.76. The zero-order valence-corrected chi connectivity index (χ0v) is 30.4. The van der Waals surface area contributed by atoms with Gasteiger partial charge >= 0.3 is 0 Å². The first-order valence-electron chi connectivity index (χ1n) is 18.0. The zero-order chi connectivity index (χ0) is 36.5. The van der Waals surface area contributed by atoms with Gasteiger partial charge in [0.1, 0.15) is 11.4 Å². The molecule has 0 spiro atoms. The molecule has 0 bridgehead atoms. The van der Waals surface area contributed by atoms with Crippen molar-refractivity contribution in [1.82, 2.24) is 19.5 Å². The van der Waals surface area contributed by atoms with Crippen molar-refractivity contribution in [1.29, 1.82) is 0 Å². The van der Waals surface area contributed by atoms with Gasteiger partial charge in [-0.15, -0.1) is 54.1 Å². The van der Waals surface area contributed by atoms with E-state index in [2.05, 4.69) is 107 Å². The predicted octanol–water partition coefficient (Wildman–Crippen LogP) is 11.4. The second kappa shape index (κ2) is 14.7. The van der Waals surface area contributed by atoms with E-state index >= 15 is 0 Å². The van der Waals surface area contributed by atoms with Crippen molar-refractivity contribution in [3.63, 3.8) is 0 Å². The largest absolute Gasteiger partial charge is 0.501 e. The molecule has 4 heterocycles. The second-order valence-electron chi connectivity index (χ2n) is 12.3. The number of nitrogens with zero attached hydrogens (tertiary/aromatic N) is 4. The van der Waals surface area contributed by atoms with Crippen molar-refractivity contribution in [3.05, 3.63) is 169 Å². The predicted molar refractivity (Wildman–Crippen MR) is 203 cm³/mol. The number of hydrogen-bond donors (Lipinski definition) is 0. The summed E-state index contributed by atoms with van der Waals surface area (Å²) in [5.74, 6) is 1.32. The Morgan fingerprint density at radius 2 is 1.55 bits per heavy atom. The Labute approximate surface area is 315 Å². The molecule has 0 aliphatic heterocycles. The van der Waals surface area contributed by atoms with Crippen LogP contribution in [-0.4, -0.2) is 19.5 Å². The summed E-state index contributed by atoms with van der Waals surface area (Å²) in [6.07, 6.45) is 3.26. The Balaban J connectivity index is 0.000000223. The van der Waals surface area contributed by atoms with E-state index in [1.54, 1.807) is 18.2 Å². The normalized spacial score (nSPS) is 12.2. The van der Waals surface area contributed by atoms with Crippen LogP contribution in [0.25, 0.3) is 72.6 Å². The maximum Gasteiger partial charge on any atom is 0.145 e. The first-order valence-corrected chi connectivity index (χ1v) is 16.5. The quantitative estimate of drug-likeness (QED) is 0.162. The zero-order valence-electron chi connectivity index (χ0n) is 31.0. The van der Waals surface area contributed by atoms with Gasteiger partial charge in [0.2, 0.25) is 0 Å². The van der Waals surface area contributed by atoms with Crippen molar-refractivity contribution in [2.24, 2.45) is 0 Å². The van der Waals surface area contributed by atoms with Crippen LogP contribution in [0.5, 0.6) is 0 Å². The summed E-state index contributed by atoms with van der Waals surface area (Å²) in [6.45, 7) is 2.29. The van der Waals surface area contributed by atoms with Gasteiger partial charge < -0.3 is 14.4 Å². The van der Waals surface area contributed by atoms with Crippen LogP contribution < -0.4 is 0 Å². The average molecular weight is 842 g/mol. The summed E-state index contributed by atoms with van der Waals surface area (Å²) in [5.41, 5.74) is 10.5. The maximum absolute atomic E-state index is 7.23. The number of aromatic nitrogens is 4. The number of pyridine rings is 2. The summed E-state index contributed by atoms with van der Waals surface area (Å²) in [7, 11) is 0. The molecule has 0 saturated carbocycles. The fraction of sp³-hybridized carbons (Fsp3) is 0.0889. The van der Waals surface area contributed by atoms with E-state index in [1.807, 2.05) is 54.7 Å². The molecule has 0 N–H and O–H groups in total. The van der Waals surface area contributed by atoms with E-state index in [-0.39, 0.29) is 25.7 Å². The van der Waals surface area contributed by atoms with E-state index in [0.29, 0.717) is 5.92 Å². The molecule has 0 saturated heterocycles. The van der Waals surface area contributed by atoms with Crippen molar-refractivity contribution in [2.75, 3.05) is 0 Å². The molecular weight excluding hydrogens is 805 g/mol. The van der Waals surface area contributed by atoms with Crippen molar-refractivity contribution in [2.45, 2.75) is 26.6 Å². The van der Waals surface area contributed by atoms with Crippen LogP contribution in [0.15, 0.2) is 150 Å². The molecule has 251 valence electrons. The molecule has 4 aromatic heterocycles. The van der Waals surface area contributed by atoms with Gasteiger partial charge in [-0.05, 0) is 54.0 Å². The summed E-state index contributed by atoms with van der Waals surface area (Å²) < 4.78 is 30.4. The molecule has 51 heavy (non-hydrogen) atoms. The average Bonchev–Trinajstić information content (AvgIpc) is 3.76. The number of fused-ring (bicyclic) bond motifs is 4. The Morgan fingerprint density at radius 1 is 0.745 bits per heavy atom. The fourth-order valence-electron chi connectivity index (χ4n) is 6.17. The van der Waals surface area contributed by atoms with E-state index < -0.39 is 6.85 Å². The summed E-state index contributed by atoms with van der Waals surface area (Å²) >= 11 is 0. The standard InChI is InChI=1S/C33H24N3O.C12H10N.Ir/c1-21(2)23-16-17-34-28(18-23)26-15-9-14-25-27-19-29-30(20-31(27)37-32(25)26)36(24-12-7-4-8-13-24)33(35-29)22-10-5-3-6-11-22;1-10-7-8-12(13-9-10)11-5-3-2-4-6-11;/h3-14,16-21H,1-2H3;2-5,7-9H,1H3;/q2*-1;/i;1D3;. The first kappa shape index (κ1) is 30.2. The topological polar surface area (TPSA) is 56.7 Å². The van der Waals surface area contributed by atoms with Gasteiger partial charge in [0.05, 0.1) is 16.6 Å². The van der Waals surface area contributed by atoms with Crippen molar-refractivity contribution in [3.8, 4) is 39.6 Å². The monoisotopic (exact) mass is 842 g/mol. The van der Waals surface area contributed by atoms with E-state index in [1.165, 1.54) is 11.8 Å². The minimum absolute atomic E-state index is 0. The molecule has 5 nitrogen and oxygen atoms in total. The first-order chi connectivity index (χ1) is 25.7. The molecule has 0 unspecified atom stereocenters. The summed E-state index contributed by atoms with van der Waals surface area (Å²) in [4.78, 5) is 13.9. The molecule has 5 aromatic carbocycles. The minimum atomic E-state index is -2.09. The van der Waals surface area contributed by atoms with Gasteiger partial charge in [0.15, 0.2) is 0 Å². The van der Waals surface area contributed by atoms with Gasteiger partial charge in [-0.3, -0.25) is 4.57 Å². The SMILES string of the molecule is CC(C)c1ccnc(-c2[c-]ccc3c2oc2cc4c(cc23)nc(-c2ccccc2)n4-c2ccccc2)c1.[2H]C([2H])([2H])c1ccc(-c2[c-]cccc2)nc1.[Ir]. The minimum Gasteiger partial charge on any atom is -0.501 e. The number of aryl methyl sites for hydroxylation is 1. The molecule has 6 heteroatoms. The molecule has 0 atom stereocenters. The molecular formula is C45H34IrN4O-2. The van der Waals surface area contributed by atoms with E-state index in [0.717, 1.165) is 72.6 Å². The fourth-order valence-corrected chi connectivity index (χ4v) is 6.17. The summed E-state index contributed by atoms with van der Waals surface area (Å²) in [5, 5.41) is 2.08. The summed E-state index contributed by atoms with van der Waals surface area (Å²) in [6, 6.07) is 50.3. The number of rotatable bonds is 5. The van der Waals surface area contributed by atoms with Crippen LogP contribution in [0.1, 0.15) is 35.0 Å². The number of para-hydroxylation sites is 1. The Bertz CT molecular complexity index is 2670. The molecule has 1 radical (unpaired) electrons. The molecule has 0 amide bonds. The molecule has 9 aromatic rings. The van der Waals surface area contributed by atoms with Crippen LogP contribution in [0, 0.1) is 19.0 Å². The van der Waals surface area contributed by atoms with Crippen molar-refractivity contribution < 1.29 is 28.6 Å². The third-order valence-electron chi connectivity index (χ3n) is 8.71. The van der Waals surface area contributed by atoms with Gasteiger partial charge in [-0.25, -0.2) is 4.98 Å². The van der Waals surface area contributed by atoms with Crippen LogP contribution in [0.4, 0.5) is 0 Å². The Kier molecular flexibility index (Phi) is 8.67. The number of imidazole rings is 1. The number of furan rings is 1. The van der Waals surface area contributed by atoms with Gasteiger partial charge in [0, 0.05) is 59.3 Å². The van der Waals surface area contributed by atoms with Crippen molar-refractivity contribution >= 4 is 33.0 Å². The molecule has 0 aliphatic carbocycles. The molecule has 9 rings (SSSR count). The van der Waals surface area contributed by atoms with Gasteiger partial charge in [0.25, 0.3) is 0 Å². The van der Waals surface area contributed by atoms with E-state index in [4.69, 9.17) is 13.5 Å². The van der Waals surface area contributed by atoms with E-state index in [9.17, 15) is 0 Å². The van der Waals surface area contributed by atoms with Crippen LogP contribution >= 0.6 is 0 Å². The smallest absolute Gasteiger partial charge is 0.145 e. The number of benzene rings is 5. The molecule has 0 aliphatic rings. The van der Waals surface area contributed by atoms with Crippen LogP contribution in [-0.2, 0) is 20.1 Å². The second-order valence-corrected chi connectivity index (χ2v) is 12.3. The third-order valence-corrected chi connectivity index (χ3v) is 8.71. The molecule has 0 fully saturated rings. The van der Waals surface area contributed by atoms with Crippen LogP contribution in [0.2, 0.25) is 0 Å². The Morgan fingerprint density at radius 3 is 2.27 bits per heavy atom. The van der Waals surface area contributed by atoms with Crippen LogP contribution in [0.3, 0.4) is 0 Å².